The summed E-state index contributed by atoms with van der Waals surface area (Å²) in [6, 6.07) is 10.7. The van der Waals surface area contributed by atoms with E-state index in [4.69, 9.17) is 15.1 Å². The van der Waals surface area contributed by atoms with Crippen molar-refractivity contribution in [2.24, 2.45) is 0 Å². The normalized spacial score (nSPS) is 19.0. The maximum atomic E-state index is 11.7. The molecule has 1 aliphatic rings. The van der Waals surface area contributed by atoms with Crippen LogP contribution in [0.25, 0.3) is 16.7 Å². The fraction of sp³-hybridized carbons (Fsp3) is 0.478. The second kappa shape index (κ2) is 8.81. The van der Waals surface area contributed by atoms with Crippen molar-refractivity contribution in [3.63, 3.8) is 0 Å². The molecule has 2 N–H and O–H groups in total. The number of amides is 1. The molecule has 0 atom stereocenters. The van der Waals surface area contributed by atoms with Gasteiger partial charge in [-0.25, -0.2) is 14.6 Å². The Bertz CT molecular complexity index is 1020. The van der Waals surface area contributed by atoms with Gasteiger partial charge < -0.3 is 10.6 Å². The number of benzene rings is 1. The van der Waals surface area contributed by atoms with Gasteiger partial charge in [-0.3, -0.25) is 4.79 Å². The lowest BCUT2D eigenvalue weighted by Crippen LogP contribution is -2.40. The molecule has 1 saturated carbocycles. The van der Waals surface area contributed by atoms with E-state index < -0.39 is 0 Å². The van der Waals surface area contributed by atoms with Gasteiger partial charge in [0.15, 0.2) is 5.65 Å². The van der Waals surface area contributed by atoms with Crippen molar-refractivity contribution in [2.45, 2.75) is 71.4 Å². The molecule has 0 radical (unpaired) electrons. The summed E-state index contributed by atoms with van der Waals surface area (Å²) in [5, 5.41) is 12.6. The fourth-order valence-corrected chi connectivity index (χ4v) is 4.14. The predicted octanol–water partition coefficient (Wildman–Crippen LogP) is 3.94. The molecule has 2 heterocycles. The van der Waals surface area contributed by atoms with Gasteiger partial charge >= 0.3 is 0 Å². The molecule has 0 aliphatic heterocycles. The summed E-state index contributed by atoms with van der Waals surface area (Å²) in [6.07, 6.45) is 5.29. The second-order valence-electron chi connectivity index (χ2n) is 7.99. The third kappa shape index (κ3) is 4.15. The Morgan fingerprint density at radius 2 is 1.77 bits per heavy atom. The van der Waals surface area contributed by atoms with Crippen LogP contribution in [0.2, 0.25) is 0 Å². The SMILES string of the molecule is CCC(=O)NC1CCC(Nc2nc(CC)nc3c2c(C)nn3-c2ccccc2)CC1. The largest absolute Gasteiger partial charge is 0.367 e. The van der Waals surface area contributed by atoms with Gasteiger partial charge in [0.1, 0.15) is 11.6 Å². The van der Waals surface area contributed by atoms with Gasteiger partial charge in [0.05, 0.1) is 16.8 Å². The number of carbonyl (C=O) groups excluding carboxylic acids is 1. The molecule has 7 nitrogen and oxygen atoms in total. The zero-order valence-electron chi connectivity index (χ0n) is 18.0. The lowest BCUT2D eigenvalue weighted by atomic mass is 9.91. The number of anilines is 1. The minimum Gasteiger partial charge on any atom is -0.367 e. The lowest BCUT2D eigenvalue weighted by Gasteiger charge is -2.30. The van der Waals surface area contributed by atoms with Crippen LogP contribution in [-0.2, 0) is 11.2 Å². The molecule has 0 spiro atoms. The van der Waals surface area contributed by atoms with Crippen LogP contribution < -0.4 is 10.6 Å². The van der Waals surface area contributed by atoms with E-state index in [1.54, 1.807) is 0 Å². The zero-order valence-corrected chi connectivity index (χ0v) is 18.0. The molecule has 0 bridgehead atoms. The number of hydrogen-bond donors (Lipinski definition) is 2. The maximum Gasteiger partial charge on any atom is 0.219 e. The minimum atomic E-state index is 0.139. The van der Waals surface area contributed by atoms with Gasteiger partial charge in [-0.15, -0.1) is 0 Å². The van der Waals surface area contributed by atoms with E-state index in [2.05, 4.69) is 17.6 Å². The molecule has 7 heteroatoms. The van der Waals surface area contributed by atoms with Crippen LogP contribution in [0.1, 0.15) is 57.5 Å². The third-order valence-corrected chi connectivity index (χ3v) is 5.82. The first-order chi connectivity index (χ1) is 14.6. The van der Waals surface area contributed by atoms with E-state index in [1.807, 2.05) is 48.9 Å². The third-order valence-electron chi connectivity index (χ3n) is 5.82. The molecule has 0 unspecified atom stereocenters. The van der Waals surface area contributed by atoms with Crippen LogP contribution in [0, 0.1) is 6.92 Å². The van der Waals surface area contributed by atoms with Crippen molar-refractivity contribution in [3.05, 3.63) is 41.9 Å². The summed E-state index contributed by atoms with van der Waals surface area (Å²) in [4.78, 5) is 21.3. The zero-order chi connectivity index (χ0) is 21.1. The molecule has 1 aliphatic carbocycles. The van der Waals surface area contributed by atoms with Gasteiger partial charge in [0.25, 0.3) is 0 Å². The first-order valence-electron chi connectivity index (χ1n) is 11.0. The molecular formula is C23H30N6O. The number of nitrogens with zero attached hydrogens (tertiary/aromatic N) is 4. The van der Waals surface area contributed by atoms with Gasteiger partial charge in [0.2, 0.25) is 5.91 Å². The average Bonchev–Trinajstić information content (AvgIpc) is 3.12. The number of carbonyl (C=O) groups is 1. The number of para-hydroxylation sites is 1. The van der Waals surface area contributed by atoms with Gasteiger partial charge in [0, 0.05) is 24.9 Å². The summed E-state index contributed by atoms with van der Waals surface area (Å²) in [6.45, 7) is 5.98. The number of nitrogens with one attached hydrogen (secondary N) is 2. The highest BCUT2D eigenvalue weighted by Gasteiger charge is 2.24. The molecule has 4 rings (SSSR count). The topological polar surface area (TPSA) is 84.7 Å². The van der Waals surface area contributed by atoms with Crippen LogP contribution in [0.15, 0.2) is 30.3 Å². The molecule has 0 saturated heterocycles. The monoisotopic (exact) mass is 406 g/mol. The molecule has 30 heavy (non-hydrogen) atoms. The number of aryl methyl sites for hydroxylation is 2. The van der Waals surface area contributed by atoms with Crippen molar-refractivity contribution in [2.75, 3.05) is 5.32 Å². The molecule has 1 fully saturated rings. The molecular weight excluding hydrogens is 376 g/mol. The first kappa shape index (κ1) is 20.3. The van der Waals surface area contributed by atoms with Crippen LogP contribution in [0.4, 0.5) is 5.82 Å². The van der Waals surface area contributed by atoms with Gasteiger partial charge in [-0.1, -0.05) is 32.0 Å². The van der Waals surface area contributed by atoms with Crippen LogP contribution in [-0.4, -0.2) is 37.7 Å². The standard InChI is InChI=1S/C23H30N6O/c1-4-19-26-22(25-17-13-11-16(12-14-17)24-20(30)5-2)21-15(3)28-29(23(21)27-19)18-9-7-6-8-10-18/h6-10,16-17H,4-5,11-14H2,1-3H3,(H,24,30)(H,25,26,27). The quantitative estimate of drug-likeness (QED) is 0.648. The Morgan fingerprint density at radius 1 is 1.07 bits per heavy atom. The number of hydrogen-bond acceptors (Lipinski definition) is 5. The Balaban J connectivity index is 1.60. The average molecular weight is 407 g/mol. The van der Waals surface area contributed by atoms with E-state index in [0.717, 1.165) is 66.2 Å². The second-order valence-corrected chi connectivity index (χ2v) is 7.99. The lowest BCUT2D eigenvalue weighted by molar-refractivity contribution is -0.121. The summed E-state index contributed by atoms with van der Waals surface area (Å²) < 4.78 is 1.91. The van der Waals surface area contributed by atoms with E-state index in [-0.39, 0.29) is 11.9 Å². The van der Waals surface area contributed by atoms with E-state index in [1.165, 1.54) is 0 Å². The van der Waals surface area contributed by atoms with Crippen molar-refractivity contribution < 1.29 is 4.79 Å². The van der Waals surface area contributed by atoms with Crippen molar-refractivity contribution in [1.29, 1.82) is 0 Å². The Morgan fingerprint density at radius 3 is 2.43 bits per heavy atom. The highest BCUT2D eigenvalue weighted by molar-refractivity contribution is 5.90. The van der Waals surface area contributed by atoms with Crippen LogP contribution >= 0.6 is 0 Å². The van der Waals surface area contributed by atoms with Gasteiger partial charge in [-0.2, -0.15) is 5.10 Å². The smallest absolute Gasteiger partial charge is 0.219 e. The van der Waals surface area contributed by atoms with Crippen molar-refractivity contribution in [1.82, 2.24) is 25.1 Å². The first-order valence-corrected chi connectivity index (χ1v) is 11.0. The Labute approximate surface area is 177 Å². The summed E-state index contributed by atoms with van der Waals surface area (Å²) in [7, 11) is 0. The summed E-state index contributed by atoms with van der Waals surface area (Å²) >= 11 is 0. The summed E-state index contributed by atoms with van der Waals surface area (Å²) in [5.41, 5.74) is 2.76. The number of rotatable bonds is 6. The Kier molecular flexibility index (Phi) is 5.97. The van der Waals surface area contributed by atoms with E-state index in [0.29, 0.717) is 12.5 Å². The Hall–Kier alpha value is -2.96. The molecule has 3 aromatic rings. The maximum absolute atomic E-state index is 11.7. The van der Waals surface area contributed by atoms with E-state index >= 15 is 0 Å². The minimum absolute atomic E-state index is 0.139. The summed E-state index contributed by atoms with van der Waals surface area (Å²) in [5.74, 6) is 1.82. The van der Waals surface area contributed by atoms with Crippen molar-refractivity contribution >= 4 is 22.8 Å². The highest BCUT2D eigenvalue weighted by Crippen LogP contribution is 2.29. The van der Waals surface area contributed by atoms with Crippen molar-refractivity contribution in [3.8, 4) is 5.69 Å². The van der Waals surface area contributed by atoms with Crippen LogP contribution in [0.5, 0.6) is 0 Å². The number of fused-ring (bicyclic) bond motifs is 1. The molecule has 2 aromatic heterocycles. The molecule has 1 amide bonds. The van der Waals surface area contributed by atoms with E-state index in [9.17, 15) is 4.79 Å². The predicted molar refractivity (Wildman–Crippen MR) is 119 cm³/mol. The fourth-order valence-electron chi connectivity index (χ4n) is 4.14. The molecule has 158 valence electrons. The number of aromatic nitrogens is 4. The van der Waals surface area contributed by atoms with Crippen LogP contribution in [0.3, 0.4) is 0 Å². The molecule has 1 aromatic carbocycles. The highest BCUT2D eigenvalue weighted by atomic mass is 16.1. The van der Waals surface area contributed by atoms with Gasteiger partial charge in [-0.05, 0) is 44.7 Å².